The molecule has 0 saturated carbocycles. The highest BCUT2D eigenvalue weighted by Gasteiger charge is 2.21. The van der Waals surface area contributed by atoms with E-state index in [1.807, 2.05) is 19.1 Å². The number of rotatable bonds is 7. The largest absolute Gasteiger partial charge is 0.433 e. The van der Waals surface area contributed by atoms with Gasteiger partial charge in [-0.2, -0.15) is 8.78 Å². The van der Waals surface area contributed by atoms with Crippen LogP contribution in [-0.2, 0) is 11.3 Å². The molecule has 11 heteroatoms. The summed E-state index contributed by atoms with van der Waals surface area (Å²) in [6.07, 6.45) is 3.16. The fourth-order valence-electron chi connectivity index (χ4n) is 4.19. The number of aryl methyl sites for hydroxylation is 1. The maximum Gasteiger partial charge on any atom is 0.387 e. The zero-order chi connectivity index (χ0) is 23.7. The lowest BCUT2D eigenvalue weighted by atomic mass is 10.1. The number of nitrogens with one attached hydrogen (secondary N) is 2. The lowest BCUT2D eigenvalue weighted by Crippen LogP contribution is -2.44. The third-order valence-electron chi connectivity index (χ3n) is 5.82. The van der Waals surface area contributed by atoms with Crippen molar-refractivity contribution >= 4 is 33.7 Å². The van der Waals surface area contributed by atoms with E-state index in [-0.39, 0.29) is 18.5 Å². The van der Waals surface area contributed by atoms with Gasteiger partial charge in [0.15, 0.2) is 5.65 Å². The number of aliphatic hydroxyl groups is 1. The molecular weight excluding hydrogens is 446 g/mol. The first-order valence-corrected chi connectivity index (χ1v) is 10.9. The molecule has 0 spiro atoms. The summed E-state index contributed by atoms with van der Waals surface area (Å²) in [5, 5.41) is 13.5. The van der Waals surface area contributed by atoms with Crippen LogP contribution in [-0.4, -0.2) is 64.1 Å². The second kappa shape index (κ2) is 9.35. The quantitative estimate of drug-likeness (QED) is 0.378. The average Bonchev–Trinajstić information content (AvgIpc) is 3.25. The Labute approximate surface area is 193 Å². The number of benzene rings is 1. The van der Waals surface area contributed by atoms with E-state index in [2.05, 4.69) is 34.9 Å². The number of halogens is 2. The number of fused-ring (bicyclic) bond motifs is 2. The summed E-state index contributed by atoms with van der Waals surface area (Å²) in [4.78, 5) is 18.8. The number of hydrogen-bond acceptors (Lipinski definition) is 8. The number of H-pyrrole nitrogens is 1. The molecule has 1 aromatic carbocycles. The van der Waals surface area contributed by atoms with Crippen LogP contribution >= 0.6 is 0 Å². The summed E-state index contributed by atoms with van der Waals surface area (Å²) < 4.78 is 35.6. The van der Waals surface area contributed by atoms with Gasteiger partial charge in [-0.3, -0.25) is 0 Å². The topological polar surface area (TPSA) is 108 Å². The maximum atomic E-state index is 12.7. The van der Waals surface area contributed by atoms with Crippen molar-refractivity contribution in [3.8, 4) is 5.75 Å². The van der Waals surface area contributed by atoms with Crippen molar-refractivity contribution in [1.29, 1.82) is 0 Å². The third kappa shape index (κ3) is 4.44. The lowest BCUT2D eigenvalue weighted by Gasteiger charge is -2.32. The smallest absolute Gasteiger partial charge is 0.387 e. The number of aliphatic hydroxyl groups excluding tert-OH is 1. The number of morpholine rings is 1. The van der Waals surface area contributed by atoms with Crippen molar-refractivity contribution in [1.82, 2.24) is 19.9 Å². The van der Waals surface area contributed by atoms with Crippen LogP contribution in [0, 0.1) is 6.92 Å². The number of aromatic amines is 1. The van der Waals surface area contributed by atoms with Crippen molar-refractivity contribution in [2.45, 2.75) is 26.2 Å². The van der Waals surface area contributed by atoms with Crippen molar-refractivity contribution in [3.05, 3.63) is 47.8 Å². The molecule has 0 amide bonds. The first-order chi connectivity index (χ1) is 16.5. The van der Waals surface area contributed by atoms with Gasteiger partial charge < -0.3 is 29.8 Å². The number of alkyl halides is 2. The number of anilines is 2. The van der Waals surface area contributed by atoms with Gasteiger partial charge in [-0.1, -0.05) is 6.07 Å². The molecule has 1 aliphatic heterocycles. The predicted molar refractivity (Wildman–Crippen MR) is 123 cm³/mol. The molecule has 1 fully saturated rings. The van der Waals surface area contributed by atoms with Crippen LogP contribution in [0.1, 0.15) is 11.1 Å². The van der Waals surface area contributed by atoms with E-state index in [9.17, 15) is 13.9 Å². The monoisotopic (exact) mass is 470 g/mol. The third-order valence-corrected chi connectivity index (χ3v) is 5.82. The molecule has 0 aliphatic carbocycles. The normalized spacial score (nSPS) is 16.5. The second-order valence-corrected chi connectivity index (χ2v) is 8.07. The highest BCUT2D eigenvalue weighted by Crippen LogP contribution is 2.31. The summed E-state index contributed by atoms with van der Waals surface area (Å²) in [6, 6.07) is 7.04. The molecule has 4 aromatic rings. The lowest BCUT2D eigenvalue weighted by molar-refractivity contribution is -0.0489. The molecular formula is C23H24F2N6O3. The Morgan fingerprint density at radius 1 is 1.29 bits per heavy atom. The van der Waals surface area contributed by atoms with Crippen molar-refractivity contribution in [3.63, 3.8) is 0 Å². The number of hydrogen-bond donors (Lipinski definition) is 3. The molecule has 178 valence electrons. The zero-order valence-electron chi connectivity index (χ0n) is 18.5. The minimum absolute atomic E-state index is 0.0406. The summed E-state index contributed by atoms with van der Waals surface area (Å²) >= 11 is 0. The van der Waals surface area contributed by atoms with Crippen molar-refractivity contribution in [2.75, 3.05) is 36.5 Å². The molecule has 1 aliphatic rings. The Morgan fingerprint density at radius 2 is 2.18 bits per heavy atom. The summed E-state index contributed by atoms with van der Waals surface area (Å²) in [6.45, 7) is 1.13. The fourth-order valence-corrected chi connectivity index (χ4v) is 4.19. The second-order valence-electron chi connectivity index (χ2n) is 8.07. The van der Waals surface area contributed by atoms with Gasteiger partial charge in [-0.15, -0.1) is 0 Å². The van der Waals surface area contributed by atoms with Crippen molar-refractivity contribution in [2.24, 2.45) is 0 Å². The first-order valence-electron chi connectivity index (χ1n) is 10.9. The molecule has 1 saturated heterocycles. The average molecular weight is 470 g/mol. The van der Waals surface area contributed by atoms with E-state index >= 15 is 0 Å². The molecule has 5 rings (SSSR count). The van der Waals surface area contributed by atoms with Gasteiger partial charge in [0, 0.05) is 31.2 Å². The molecule has 4 heterocycles. The van der Waals surface area contributed by atoms with Gasteiger partial charge in [0.2, 0.25) is 0 Å². The standard InChI is InChI=1S/C23H24F2N6O3/c1-13-8-28-21-17(34-23(24)25)4-2-14(20(13)21)9-27-18-10-26-16-3-5-19(30-22(16)29-18)31-6-7-33-15(11-31)12-32/h2-5,8,10,15,23,28,32H,6-7,9,11-12H2,1H3,(H,27,29,30). The van der Waals surface area contributed by atoms with E-state index in [4.69, 9.17) is 4.74 Å². The van der Waals surface area contributed by atoms with Gasteiger partial charge in [-0.05, 0) is 36.2 Å². The fraction of sp³-hybridized carbons (Fsp3) is 0.348. The Morgan fingerprint density at radius 3 is 3.00 bits per heavy atom. The van der Waals surface area contributed by atoms with Crippen LogP contribution in [0.25, 0.3) is 22.1 Å². The van der Waals surface area contributed by atoms with E-state index < -0.39 is 6.61 Å². The van der Waals surface area contributed by atoms with E-state index in [1.165, 1.54) is 6.07 Å². The van der Waals surface area contributed by atoms with E-state index in [0.29, 0.717) is 48.7 Å². The molecule has 9 nitrogen and oxygen atoms in total. The molecule has 1 unspecified atom stereocenters. The number of pyridine rings is 1. The molecule has 1 atom stereocenters. The SMILES string of the molecule is Cc1c[nH]c2c(OC(F)F)ccc(CNc3cnc4ccc(N5CCOC(CO)C5)nc4n3)c12. The minimum Gasteiger partial charge on any atom is -0.433 e. The Kier molecular flexibility index (Phi) is 6.12. The zero-order valence-corrected chi connectivity index (χ0v) is 18.5. The molecule has 34 heavy (non-hydrogen) atoms. The van der Waals surface area contributed by atoms with E-state index in [0.717, 1.165) is 22.3 Å². The summed E-state index contributed by atoms with van der Waals surface area (Å²) in [5.74, 6) is 1.40. The molecule has 0 bridgehead atoms. The van der Waals surface area contributed by atoms with Crippen LogP contribution in [0.4, 0.5) is 20.4 Å². The maximum absolute atomic E-state index is 12.7. The molecule has 0 radical (unpaired) electrons. The number of nitrogens with zero attached hydrogens (tertiary/aromatic N) is 4. The van der Waals surface area contributed by atoms with E-state index in [1.54, 1.807) is 18.5 Å². The molecule has 3 aromatic heterocycles. The van der Waals surface area contributed by atoms with Gasteiger partial charge in [-0.25, -0.2) is 15.0 Å². The van der Waals surface area contributed by atoms with Crippen LogP contribution in [0.3, 0.4) is 0 Å². The Bertz CT molecular complexity index is 1310. The highest BCUT2D eigenvalue weighted by molar-refractivity contribution is 5.91. The highest BCUT2D eigenvalue weighted by atomic mass is 19.3. The van der Waals surface area contributed by atoms with Crippen LogP contribution in [0.15, 0.2) is 36.7 Å². The Hall–Kier alpha value is -3.57. The number of ether oxygens (including phenoxy) is 2. The predicted octanol–water partition coefficient (Wildman–Crippen LogP) is 3.23. The summed E-state index contributed by atoms with van der Waals surface area (Å²) in [5.41, 5.74) is 3.52. The van der Waals surface area contributed by atoms with Crippen LogP contribution < -0.4 is 15.0 Å². The Balaban J connectivity index is 1.37. The number of aromatic nitrogens is 4. The van der Waals surface area contributed by atoms with Gasteiger partial charge >= 0.3 is 6.61 Å². The minimum atomic E-state index is -2.90. The van der Waals surface area contributed by atoms with Gasteiger partial charge in [0.05, 0.1) is 31.0 Å². The van der Waals surface area contributed by atoms with Crippen LogP contribution in [0.2, 0.25) is 0 Å². The first kappa shape index (κ1) is 22.2. The van der Waals surface area contributed by atoms with Crippen molar-refractivity contribution < 1.29 is 23.4 Å². The van der Waals surface area contributed by atoms with Gasteiger partial charge in [0.25, 0.3) is 0 Å². The van der Waals surface area contributed by atoms with Crippen LogP contribution in [0.5, 0.6) is 5.75 Å². The molecule has 3 N–H and O–H groups in total. The summed E-state index contributed by atoms with van der Waals surface area (Å²) in [7, 11) is 0. The van der Waals surface area contributed by atoms with Gasteiger partial charge in [0.1, 0.15) is 22.9 Å².